The quantitative estimate of drug-likeness (QED) is 0.844. The summed E-state index contributed by atoms with van der Waals surface area (Å²) in [5.74, 6) is -1.29. The maximum absolute atomic E-state index is 12.1. The minimum atomic E-state index is -0.720. The Bertz CT molecular complexity index is 466. The predicted molar refractivity (Wildman–Crippen MR) is 82.3 cm³/mol. The Balaban J connectivity index is 2.81. The number of benzene rings is 1. The van der Waals surface area contributed by atoms with Gasteiger partial charge in [-0.2, -0.15) is 0 Å². The first-order valence-corrected chi connectivity index (χ1v) is 7.31. The van der Waals surface area contributed by atoms with Crippen molar-refractivity contribution in [2.75, 3.05) is 18.4 Å². The van der Waals surface area contributed by atoms with E-state index in [0.717, 1.165) is 12.8 Å². The van der Waals surface area contributed by atoms with Gasteiger partial charge in [-0.3, -0.25) is 9.59 Å². The molecule has 1 rings (SSSR count). The number of carbonyl (C=O) groups is 2. The summed E-state index contributed by atoms with van der Waals surface area (Å²) in [6.07, 6.45) is 1.59. The number of anilines is 1. The molecule has 1 N–H and O–H groups in total. The topological polar surface area (TPSA) is 49.4 Å². The van der Waals surface area contributed by atoms with Crippen molar-refractivity contribution in [3.05, 3.63) is 28.2 Å². The molecule has 1 aromatic rings. The first kappa shape index (κ1) is 16.8. The van der Waals surface area contributed by atoms with E-state index in [1.807, 2.05) is 13.8 Å². The molecule has 0 saturated carbocycles. The summed E-state index contributed by atoms with van der Waals surface area (Å²) in [7, 11) is 0. The molecule has 6 heteroatoms. The van der Waals surface area contributed by atoms with Crippen LogP contribution in [-0.2, 0) is 9.59 Å². The van der Waals surface area contributed by atoms with Gasteiger partial charge in [0.1, 0.15) is 0 Å². The molecule has 0 aliphatic heterocycles. The molecule has 1 aromatic carbocycles. The number of amides is 2. The molecule has 0 atom stereocenters. The Labute approximate surface area is 129 Å². The Morgan fingerprint density at radius 1 is 1.10 bits per heavy atom. The van der Waals surface area contributed by atoms with Gasteiger partial charge in [0.2, 0.25) is 0 Å². The molecule has 2 amide bonds. The van der Waals surface area contributed by atoms with Crippen LogP contribution in [0.1, 0.15) is 26.7 Å². The van der Waals surface area contributed by atoms with Gasteiger partial charge in [-0.15, -0.1) is 0 Å². The lowest BCUT2D eigenvalue weighted by Gasteiger charge is -2.21. The van der Waals surface area contributed by atoms with Crippen molar-refractivity contribution in [3.8, 4) is 0 Å². The van der Waals surface area contributed by atoms with Crippen LogP contribution < -0.4 is 5.32 Å². The Morgan fingerprint density at radius 3 is 2.05 bits per heavy atom. The molecule has 110 valence electrons. The van der Waals surface area contributed by atoms with Gasteiger partial charge in [-0.05, 0) is 25.0 Å². The molecule has 0 saturated heterocycles. The predicted octanol–water partition coefficient (Wildman–Crippen LogP) is 3.58. The number of nitrogens with zero attached hydrogens (tertiary/aromatic N) is 1. The van der Waals surface area contributed by atoms with Crippen molar-refractivity contribution in [2.24, 2.45) is 0 Å². The van der Waals surface area contributed by atoms with E-state index in [4.69, 9.17) is 23.2 Å². The molecule has 0 aliphatic rings. The fourth-order valence-electron chi connectivity index (χ4n) is 1.78. The third kappa shape index (κ3) is 4.39. The Hall–Kier alpha value is -1.26. The second-order valence-corrected chi connectivity index (χ2v) is 5.16. The van der Waals surface area contributed by atoms with E-state index in [2.05, 4.69) is 5.32 Å². The number of halogens is 2. The zero-order valence-corrected chi connectivity index (χ0v) is 13.1. The highest BCUT2D eigenvalue weighted by atomic mass is 35.5. The molecule has 0 heterocycles. The molecule has 0 aliphatic carbocycles. The summed E-state index contributed by atoms with van der Waals surface area (Å²) >= 11 is 11.9. The maximum atomic E-state index is 12.1. The average molecular weight is 317 g/mol. The number of hydrogen-bond donors (Lipinski definition) is 1. The number of hydrogen-bond acceptors (Lipinski definition) is 2. The van der Waals surface area contributed by atoms with Crippen LogP contribution in [-0.4, -0.2) is 29.8 Å². The molecule has 0 fully saturated rings. The van der Waals surface area contributed by atoms with E-state index in [9.17, 15) is 9.59 Å². The number of para-hydroxylation sites is 1. The molecule has 0 unspecified atom stereocenters. The molecule has 0 aromatic heterocycles. The normalized spacial score (nSPS) is 10.2. The van der Waals surface area contributed by atoms with Gasteiger partial charge in [-0.1, -0.05) is 43.1 Å². The SMILES string of the molecule is CCCN(CCC)C(=O)C(=O)Nc1c(Cl)cccc1Cl. The smallest absolute Gasteiger partial charge is 0.313 e. The molecule has 0 bridgehead atoms. The van der Waals surface area contributed by atoms with E-state index >= 15 is 0 Å². The highest BCUT2D eigenvalue weighted by Gasteiger charge is 2.22. The van der Waals surface area contributed by atoms with E-state index < -0.39 is 11.8 Å². The largest absolute Gasteiger partial charge is 0.334 e. The van der Waals surface area contributed by atoms with Crippen LogP contribution in [0.25, 0.3) is 0 Å². The van der Waals surface area contributed by atoms with Gasteiger partial charge in [-0.25, -0.2) is 0 Å². The average Bonchev–Trinajstić information content (AvgIpc) is 2.42. The first-order chi connectivity index (χ1) is 9.51. The highest BCUT2D eigenvalue weighted by Crippen LogP contribution is 2.29. The Morgan fingerprint density at radius 2 is 1.60 bits per heavy atom. The first-order valence-electron chi connectivity index (χ1n) is 6.55. The van der Waals surface area contributed by atoms with Crippen LogP contribution in [0, 0.1) is 0 Å². The van der Waals surface area contributed by atoms with Crippen molar-refractivity contribution >= 4 is 40.7 Å². The molecular weight excluding hydrogens is 299 g/mol. The lowest BCUT2D eigenvalue weighted by atomic mass is 10.3. The van der Waals surface area contributed by atoms with Gasteiger partial charge >= 0.3 is 11.8 Å². The monoisotopic (exact) mass is 316 g/mol. The minimum Gasteiger partial charge on any atom is -0.334 e. The van der Waals surface area contributed by atoms with E-state index in [-0.39, 0.29) is 5.69 Å². The van der Waals surface area contributed by atoms with Crippen LogP contribution in [0.4, 0.5) is 5.69 Å². The number of nitrogens with one attached hydrogen (secondary N) is 1. The molecule has 0 spiro atoms. The molecule has 4 nitrogen and oxygen atoms in total. The summed E-state index contributed by atoms with van der Waals surface area (Å²) in [6.45, 7) is 5.02. The van der Waals surface area contributed by atoms with E-state index in [1.165, 1.54) is 4.90 Å². The van der Waals surface area contributed by atoms with Crippen molar-refractivity contribution in [2.45, 2.75) is 26.7 Å². The van der Waals surface area contributed by atoms with Crippen molar-refractivity contribution in [1.29, 1.82) is 0 Å². The zero-order chi connectivity index (χ0) is 15.1. The van der Waals surface area contributed by atoms with Crippen LogP contribution in [0.15, 0.2) is 18.2 Å². The summed E-state index contributed by atoms with van der Waals surface area (Å²) in [5.41, 5.74) is 0.266. The van der Waals surface area contributed by atoms with Gasteiger partial charge in [0.05, 0.1) is 15.7 Å². The van der Waals surface area contributed by atoms with E-state index in [0.29, 0.717) is 23.1 Å². The molecule has 0 radical (unpaired) electrons. The standard InChI is InChI=1S/C14H18Cl2N2O2/c1-3-8-18(9-4-2)14(20)13(19)17-12-10(15)6-5-7-11(12)16/h5-7H,3-4,8-9H2,1-2H3,(H,17,19). The Kier molecular flexibility index (Phi) is 6.82. The fourth-order valence-corrected chi connectivity index (χ4v) is 2.27. The zero-order valence-electron chi connectivity index (χ0n) is 11.6. The van der Waals surface area contributed by atoms with Gasteiger partial charge in [0.15, 0.2) is 0 Å². The van der Waals surface area contributed by atoms with Gasteiger partial charge in [0.25, 0.3) is 0 Å². The maximum Gasteiger partial charge on any atom is 0.313 e. The van der Waals surface area contributed by atoms with Crippen LogP contribution in [0.2, 0.25) is 10.0 Å². The lowest BCUT2D eigenvalue weighted by Crippen LogP contribution is -2.40. The third-order valence-corrected chi connectivity index (χ3v) is 3.30. The summed E-state index contributed by atoms with van der Waals surface area (Å²) in [4.78, 5) is 25.6. The number of rotatable bonds is 5. The van der Waals surface area contributed by atoms with Gasteiger partial charge < -0.3 is 10.2 Å². The third-order valence-electron chi connectivity index (χ3n) is 2.67. The van der Waals surface area contributed by atoms with Crippen LogP contribution in [0.3, 0.4) is 0 Å². The van der Waals surface area contributed by atoms with Crippen molar-refractivity contribution in [1.82, 2.24) is 4.90 Å². The second kappa shape index (κ2) is 8.12. The summed E-state index contributed by atoms with van der Waals surface area (Å²) in [6, 6.07) is 4.87. The van der Waals surface area contributed by atoms with Gasteiger partial charge in [0, 0.05) is 13.1 Å². The molecule has 20 heavy (non-hydrogen) atoms. The fraction of sp³-hybridized carbons (Fsp3) is 0.429. The second-order valence-electron chi connectivity index (χ2n) is 4.34. The summed E-state index contributed by atoms with van der Waals surface area (Å²) in [5, 5.41) is 3.09. The van der Waals surface area contributed by atoms with Crippen LogP contribution in [0.5, 0.6) is 0 Å². The summed E-state index contributed by atoms with van der Waals surface area (Å²) < 4.78 is 0. The van der Waals surface area contributed by atoms with Crippen molar-refractivity contribution in [3.63, 3.8) is 0 Å². The molecular formula is C14H18Cl2N2O2. The highest BCUT2D eigenvalue weighted by molar-refractivity contribution is 6.44. The number of carbonyl (C=O) groups excluding carboxylic acids is 2. The minimum absolute atomic E-state index is 0.266. The van der Waals surface area contributed by atoms with Crippen molar-refractivity contribution < 1.29 is 9.59 Å². The lowest BCUT2D eigenvalue weighted by molar-refractivity contribution is -0.143. The van der Waals surface area contributed by atoms with Crippen LogP contribution >= 0.6 is 23.2 Å². The van der Waals surface area contributed by atoms with E-state index in [1.54, 1.807) is 18.2 Å².